The van der Waals surface area contributed by atoms with E-state index in [1.54, 1.807) is 54.1 Å². The average Bonchev–Trinajstić information content (AvgIpc) is 3.33. The van der Waals surface area contributed by atoms with Crippen molar-refractivity contribution in [1.29, 1.82) is 0 Å². The van der Waals surface area contributed by atoms with Crippen molar-refractivity contribution in [2.75, 3.05) is 6.54 Å². The van der Waals surface area contributed by atoms with E-state index in [0.717, 1.165) is 10.6 Å². The number of carboxylic acids is 1. The lowest BCUT2D eigenvalue weighted by molar-refractivity contribution is -0.140. The van der Waals surface area contributed by atoms with Gasteiger partial charge in [-0.2, -0.15) is 0 Å². The molecule has 9 heteroatoms. The van der Waals surface area contributed by atoms with Crippen LogP contribution in [0.25, 0.3) is 5.69 Å². The minimum atomic E-state index is -1.10. The molecule has 1 fully saturated rings. The van der Waals surface area contributed by atoms with Crippen molar-refractivity contribution in [2.45, 2.75) is 77.9 Å². The van der Waals surface area contributed by atoms with Crippen LogP contribution in [0.1, 0.15) is 67.0 Å². The SMILES string of the molecule is CC(CCN(C(=O)OC(C)(C)C)C(=O)OC(C)(C)C)C1CC1(C(=O)O)c1cn(-c2ccccc2)cn1. The summed E-state index contributed by atoms with van der Waals surface area (Å²) < 4.78 is 12.6. The van der Waals surface area contributed by atoms with Crippen LogP contribution >= 0.6 is 0 Å². The topological polar surface area (TPSA) is 111 Å². The van der Waals surface area contributed by atoms with Crippen molar-refractivity contribution in [3.63, 3.8) is 0 Å². The second kappa shape index (κ2) is 9.95. The first-order chi connectivity index (χ1) is 16.6. The third-order valence-electron chi connectivity index (χ3n) is 6.21. The zero-order valence-electron chi connectivity index (χ0n) is 22.1. The molecule has 2 aromatic rings. The molecule has 9 nitrogen and oxygen atoms in total. The summed E-state index contributed by atoms with van der Waals surface area (Å²) in [4.78, 5) is 43.4. The molecule has 1 aromatic heterocycles. The van der Waals surface area contributed by atoms with Gasteiger partial charge in [0.1, 0.15) is 16.6 Å². The molecule has 3 rings (SSSR count). The van der Waals surface area contributed by atoms with E-state index < -0.39 is 34.8 Å². The Kier molecular flexibility index (Phi) is 7.53. The molecule has 0 radical (unpaired) electrons. The number of nitrogens with zero attached hydrogens (tertiary/aromatic N) is 3. The molecule has 0 saturated heterocycles. The molecular formula is C27H37N3O6. The first-order valence-electron chi connectivity index (χ1n) is 12.2. The van der Waals surface area contributed by atoms with Crippen LogP contribution in [0.4, 0.5) is 9.59 Å². The Bertz CT molecular complexity index is 1070. The number of rotatable bonds is 7. The second-order valence-corrected chi connectivity index (χ2v) is 11.5. The van der Waals surface area contributed by atoms with E-state index in [1.165, 1.54) is 0 Å². The molecule has 3 unspecified atom stereocenters. The van der Waals surface area contributed by atoms with E-state index >= 15 is 0 Å². The maximum atomic E-state index is 12.8. The van der Waals surface area contributed by atoms with Gasteiger partial charge < -0.3 is 19.1 Å². The molecule has 0 spiro atoms. The smallest absolute Gasteiger partial charge is 0.419 e. The number of hydrogen-bond donors (Lipinski definition) is 1. The number of aliphatic carboxylic acids is 1. The van der Waals surface area contributed by atoms with Gasteiger partial charge >= 0.3 is 18.2 Å². The largest absolute Gasteiger partial charge is 0.481 e. The third-order valence-corrected chi connectivity index (χ3v) is 6.21. The van der Waals surface area contributed by atoms with E-state index in [2.05, 4.69) is 4.98 Å². The Morgan fingerprint density at radius 3 is 2.14 bits per heavy atom. The predicted octanol–water partition coefficient (Wildman–Crippen LogP) is 5.41. The Morgan fingerprint density at radius 2 is 1.64 bits per heavy atom. The number of imide groups is 1. The quantitative estimate of drug-likeness (QED) is 0.542. The minimum absolute atomic E-state index is 0.0512. The van der Waals surface area contributed by atoms with Gasteiger partial charge in [0, 0.05) is 18.4 Å². The standard InChI is InChI=1S/C27H37N3O6/c1-18(13-14-30(23(33)35-25(2,3)4)24(34)36-26(5,6)7)20-15-27(20,22(31)32)21-16-29(17-28-21)19-11-9-8-10-12-19/h8-12,16-18,20H,13-15H2,1-7H3,(H,31,32). The molecule has 1 aliphatic rings. The van der Waals surface area contributed by atoms with Crippen LogP contribution in [0, 0.1) is 11.8 Å². The lowest BCUT2D eigenvalue weighted by Gasteiger charge is -2.29. The first-order valence-corrected chi connectivity index (χ1v) is 12.2. The summed E-state index contributed by atoms with van der Waals surface area (Å²) in [7, 11) is 0. The lowest BCUT2D eigenvalue weighted by atomic mass is 9.91. The summed E-state index contributed by atoms with van der Waals surface area (Å²) in [6.07, 6.45) is 2.66. The molecule has 0 aliphatic heterocycles. The molecule has 1 N–H and O–H groups in total. The summed E-state index contributed by atoms with van der Waals surface area (Å²) >= 11 is 0. The fraction of sp³-hybridized carbons (Fsp3) is 0.556. The fourth-order valence-electron chi connectivity index (χ4n) is 4.34. The summed E-state index contributed by atoms with van der Waals surface area (Å²) in [6.45, 7) is 12.3. The number of ether oxygens (including phenoxy) is 2. The number of hydrogen-bond acceptors (Lipinski definition) is 6. The van der Waals surface area contributed by atoms with Crippen molar-refractivity contribution < 1.29 is 29.0 Å². The van der Waals surface area contributed by atoms with E-state index in [4.69, 9.17) is 9.47 Å². The molecule has 36 heavy (non-hydrogen) atoms. The molecule has 196 valence electrons. The summed E-state index contributed by atoms with van der Waals surface area (Å²) in [6, 6.07) is 9.58. The van der Waals surface area contributed by atoms with Gasteiger partial charge in [-0.15, -0.1) is 0 Å². The fourth-order valence-corrected chi connectivity index (χ4v) is 4.34. The van der Waals surface area contributed by atoms with Crippen molar-refractivity contribution in [2.24, 2.45) is 11.8 Å². The Morgan fingerprint density at radius 1 is 1.08 bits per heavy atom. The van der Waals surface area contributed by atoms with Crippen LogP contribution in [0.2, 0.25) is 0 Å². The van der Waals surface area contributed by atoms with Gasteiger partial charge in [-0.05, 0) is 78.4 Å². The van der Waals surface area contributed by atoms with Gasteiger partial charge in [0.2, 0.25) is 0 Å². The molecule has 3 atom stereocenters. The third kappa shape index (κ3) is 6.25. The van der Waals surface area contributed by atoms with E-state index in [-0.39, 0.29) is 18.4 Å². The summed E-state index contributed by atoms with van der Waals surface area (Å²) in [5.41, 5.74) is -1.26. The highest BCUT2D eigenvalue weighted by atomic mass is 16.6. The van der Waals surface area contributed by atoms with Crippen molar-refractivity contribution in [3.8, 4) is 5.69 Å². The predicted molar refractivity (Wildman–Crippen MR) is 134 cm³/mol. The Hall–Kier alpha value is -3.36. The van der Waals surface area contributed by atoms with Crippen LogP contribution in [-0.4, -0.2) is 55.5 Å². The lowest BCUT2D eigenvalue weighted by Crippen LogP contribution is -2.44. The van der Waals surface area contributed by atoms with Crippen LogP contribution in [0.15, 0.2) is 42.9 Å². The Balaban J connectivity index is 1.74. The summed E-state index contributed by atoms with van der Waals surface area (Å²) in [5.74, 6) is -1.21. The highest BCUT2D eigenvalue weighted by molar-refractivity contribution is 5.88. The average molecular weight is 500 g/mol. The van der Waals surface area contributed by atoms with Crippen LogP contribution in [-0.2, 0) is 19.7 Å². The van der Waals surface area contributed by atoms with Gasteiger partial charge in [0.25, 0.3) is 0 Å². The number of imidazole rings is 1. The zero-order valence-corrected chi connectivity index (χ0v) is 22.1. The zero-order chi connectivity index (χ0) is 26.9. The monoisotopic (exact) mass is 499 g/mol. The van der Waals surface area contributed by atoms with Gasteiger partial charge in [-0.3, -0.25) is 4.79 Å². The van der Waals surface area contributed by atoms with Crippen molar-refractivity contribution in [3.05, 3.63) is 48.5 Å². The van der Waals surface area contributed by atoms with Crippen molar-refractivity contribution >= 4 is 18.2 Å². The van der Waals surface area contributed by atoms with Crippen LogP contribution in [0.3, 0.4) is 0 Å². The normalized spacial score (nSPS) is 20.4. The first kappa shape index (κ1) is 27.2. The van der Waals surface area contributed by atoms with Gasteiger partial charge in [0.15, 0.2) is 0 Å². The number of benzene rings is 1. The van der Waals surface area contributed by atoms with Crippen LogP contribution in [0.5, 0.6) is 0 Å². The summed E-state index contributed by atoms with van der Waals surface area (Å²) in [5, 5.41) is 10.2. The molecule has 0 bridgehead atoms. The van der Waals surface area contributed by atoms with E-state index in [9.17, 15) is 19.5 Å². The Labute approximate surface area is 212 Å². The molecular weight excluding hydrogens is 462 g/mol. The number of carboxylic acid groups (broad SMARTS) is 1. The maximum absolute atomic E-state index is 12.8. The maximum Gasteiger partial charge on any atom is 0.419 e. The van der Waals surface area contributed by atoms with Crippen molar-refractivity contribution in [1.82, 2.24) is 14.5 Å². The van der Waals surface area contributed by atoms with Gasteiger partial charge in [-0.1, -0.05) is 25.1 Å². The number of para-hydroxylation sites is 1. The number of aromatic nitrogens is 2. The number of carbonyl (C=O) groups excluding carboxylic acids is 2. The molecule has 1 aliphatic carbocycles. The van der Waals surface area contributed by atoms with E-state index in [1.807, 2.05) is 41.8 Å². The van der Waals surface area contributed by atoms with E-state index in [0.29, 0.717) is 18.5 Å². The molecule has 2 amide bonds. The van der Waals surface area contributed by atoms with Gasteiger partial charge in [0.05, 0.1) is 12.0 Å². The molecule has 1 aromatic carbocycles. The van der Waals surface area contributed by atoms with Crippen LogP contribution < -0.4 is 0 Å². The minimum Gasteiger partial charge on any atom is -0.481 e. The number of carbonyl (C=O) groups is 3. The molecule has 1 heterocycles. The second-order valence-electron chi connectivity index (χ2n) is 11.5. The molecule has 1 saturated carbocycles. The highest BCUT2D eigenvalue weighted by Crippen LogP contribution is 2.58. The number of amides is 2. The van der Waals surface area contributed by atoms with Gasteiger partial charge in [-0.25, -0.2) is 19.5 Å². The highest BCUT2D eigenvalue weighted by Gasteiger charge is 2.64.